The van der Waals surface area contributed by atoms with Gasteiger partial charge in [0.1, 0.15) is 24.0 Å². The summed E-state index contributed by atoms with van der Waals surface area (Å²) in [5.41, 5.74) is 1.22. The highest BCUT2D eigenvalue weighted by molar-refractivity contribution is 6.42. The molecular formula is C17H15Cl2FN2O. The highest BCUT2D eigenvalue weighted by Crippen LogP contribution is 2.26. The van der Waals surface area contributed by atoms with E-state index in [9.17, 15) is 4.39 Å². The fourth-order valence-corrected chi connectivity index (χ4v) is 2.67. The summed E-state index contributed by atoms with van der Waals surface area (Å²) in [6.07, 6.45) is 0.942. The Balaban J connectivity index is 1.83. The minimum absolute atomic E-state index is 0.265. The maximum atomic E-state index is 14.2. The van der Waals surface area contributed by atoms with Crippen LogP contribution in [0.1, 0.15) is 17.5 Å². The van der Waals surface area contributed by atoms with E-state index in [1.165, 1.54) is 6.07 Å². The summed E-state index contributed by atoms with van der Waals surface area (Å²) < 4.78 is 20.0. The monoisotopic (exact) mass is 352 g/mol. The summed E-state index contributed by atoms with van der Waals surface area (Å²) in [6, 6.07) is 10.0. The van der Waals surface area contributed by atoms with E-state index in [2.05, 4.69) is 10.3 Å². The van der Waals surface area contributed by atoms with Crippen LogP contribution in [0.15, 0.2) is 41.4 Å². The topological polar surface area (TPSA) is 33.6 Å². The molecule has 0 fully saturated rings. The first-order valence-corrected chi connectivity index (χ1v) is 8.04. The number of benzene rings is 2. The Morgan fingerprint density at radius 1 is 1.17 bits per heavy atom. The van der Waals surface area contributed by atoms with E-state index < -0.39 is 0 Å². The summed E-state index contributed by atoms with van der Waals surface area (Å²) in [5, 5.41) is 4.07. The van der Waals surface area contributed by atoms with Crippen molar-refractivity contribution in [2.45, 2.75) is 13.0 Å². The number of hydrogen-bond acceptors (Lipinski definition) is 3. The number of rotatable bonds is 4. The third-order valence-corrected chi connectivity index (χ3v) is 4.23. The van der Waals surface area contributed by atoms with Gasteiger partial charge in [-0.2, -0.15) is 0 Å². The van der Waals surface area contributed by atoms with Crippen LogP contribution in [0.3, 0.4) is 0 Å². The van der Waals surface area contributed by atoms with Crippen LogP contribution in [0.4, 0.5) is 4.39 Å². The van der Waals surface area contributed by atoms with Gasteiger partial charge in [0, 0.05) is 13.1 Å². The van der Waals surface area contributed by atoms with Gasteiger partial charge in [0.15, 0.2) is 0 Å². The second-order valence-corrected chi connectivity index (χ2v) is 5.98. The standard InChI is InChI=1S/C17H15Cl2FN2O/c18-12-6-5-11(9-13(12)19)10-23-15-4-1-3-14(20)16(15)17-21-7-2-8-22-17/h1,3-6,9H,2,7-8,10H2,(H,21,22). The fraction of sp³-hybridized carbons (Fsp3) is 0.235. The maximum absolute atomic E-state index is 14.2. The molecule has 0 saturated carbocycles. The average molecular weight is 353 g/mol. The largest absolute Gasteiger partial charge is 0.488 e. The highest BCUT2D eigenvalue weighted by atomic mass is 35.5. The molecule has 0 bridgehead atoms. The van der Waals surface area contributed by atoms with Crippen molar-refractivity contribution >= 4 is 29.0 Å². The average Bonchev–Trinajstić information content (AvgIpc) is 2.57. The molecule has 120 valence electrons. The lowest BCUT2D eigenvalue weighted by Gasteiger charge is -2.18. The number of amidine groups is 1. The molecule has 3 rings (SSSR count). The molecule has 3 nitrogen and oxygen atoms in total. The van der Waals surface area contributed by atoms with Crippen LogP contribution in [0, 0.1) is 5.82 Å². The molecule has 23 heavy (non-hydrogen) atoms. The molecule has 0 radical (unpaired) electrons. The first kappa shape index (κ1) is 16.1. The van der Waals surface area contributed by atoms with E-state index in [0.29, 0.717) is 33.7 Å². The molecule has 0 atom stereocenters. The van der Waals surface area contributed by atoms with E-state index in [1.54, 1.807) is 24.3 Å². The van der Waals surface area contributed by atoms with Gasteiger partial charge in [-0.05, 0) is 36.2 Å². The zero-order valence-corrected chi connectivity index (χ0v) is 13.8. The van der Waals surface area contributed by atoms with Crippen LogP contribution in [-0.2, 0) is 6.61 Å². The zero-order chi connectivity index (χ0) is 16.2. The van der Waals surface area contributed by atoms with Gasteiger partial charge < -0.3 is 10.1 Å². The summed E-state index contributed by atoms with van der Waals surface area (Å²) >= 11 is 11.9. The van der Waals surface area contributed by atoms with Gasteiger partial charge in [0.05, 0.1) is 15.6 Å². The molecule has 1 aliphatic heterocycles. The Hall–Kier alpha value is -1.78. The SMILES string of the molecule is Fc1cccc(OCc2ccc(Cl)c(Cl)c2)c1C1=NCCCN1. The smallest absolute Gasteiger partial charge is 0.137 e. The first-order valence-electron chi connectivity index (χ1n) is 7.29. The molecule has 1 heterocycles. The van der Waals surface area contributed by atoms with Crippen LogP contribution in [-0.4, -0.2) is 18.9 Å². The third kappa shape index (κ3) is 3.77. The van der Waals surface area contributed by atoms with Gasteiger partial charge in [-0.3, -0.25) is 4.99 Å². The summed E-state index contributed by atoms with van der Waals surface area (Å²) in [6.45, 7) is 1.73. The molecule has 1 N–H and O–H groups in total. The maximum Gasteiger partial charge on any atom is 0.137 e. The lowest BCUT2D eigenvalue weighted by Crippen LogP contribution is -2.31. The van der Waals surface area contributed by atoms with Crippen molar-refractivity contribution in [3.05, 3.63) is 63.4 Å². The van der Waals surface area contributed by atoms with Crippen molar-refractivity contribution in [3.8, 4) is 5.75 Å². The van der Waals surface area contributed by atoms with E-state index in [1.807, 2.05) is 6.07 Å². The molecule has 2 aromatic rings. The molecule has 0 spiro atoms. The fourth-order valence-electron chi connectivity index (χ4n) is 2.34. The zero-order valence-electron chi connectivity index (χ0n) is 12.3. The Kier molecular flexibility index (Phi) is 5.03. The molecule has 0 aromatic heterocycles. The summed E-state index contributed by atoms with van der Waals surface area (Å²) in [4.78, 5) is 4.35. The van der Waals surface area contributed by atoms with Crippen LogP contribution >= 0.6 is 23.2 Å². The molecule has 0 amide bonds. The molecule has 1 aliphatic rings. The molecule has 0 unspecified atom stereocenters. The van der Waals surface area contributed by atoms with Crippen molar-refractivity contribution in [2.75, 3.05) is 13.1 Å². The van der Waals surface area contributed by atoms with Crippen molar-refractivity contribution in [3.63, 3.8) is 0 Å². The van der Waals surface area contributed by atoms with E-state index >= 15 is 0 Å². The number of hydrogen-bond donors (Lipinski definition) is 1. The summed E-state index contributed by atoms with van der Waals surface area (Å²) in [5.74, 6) is 0.632. The first-order chi connectivity index (χ1) is 11.1. The van der Waals surface area contributed by atoms with E-state index in [0.717, 1.165) is 18.5 Å². The van der Waals surface area contributed by atoms with Gasteiger partial charge in [-0.25, -0.2) is 4.39 Å². The van der Waals surface area contributed by atoms with Gasteiger partial charge in [0.25, 0.3) is 0 Å². The Labute approximate surface area is 144 Å². The normalized spacial score (nSPS) is 14.1. The van der Waals surface area contributed by atoms with Gasteiger partial charge >= 0.3 is 0 Å². The molecular weight excluding hydrogens is 338 g/mol. The van der Waals surface area contributed by atoms with Crippen LogP contribution in [0.2, 0.25) is 10.0 Å². The Morgan fingerprint density at radius 2 is 2.04 bits per heavy atom. The van der Waals surface area contributed by atoms with Crippen molar-refractivity contribution < 1.29 is 9.13 Å². The molecule has 0 aliphatic carbocycles. The quantitative estimate of drug-likeness (QED) is 0.881. The lowest BCUT2D eigenvalue weighted by molar-refractivity contribution is 0.303. The van der Waals surface area contributed by atoms with Crippen LogP contribution in [0.5, 0.6) is 5.75 Å². The number of nitrogens with one attached hydrogen (secondary N) is 1. The second kappa shape index (κ2) is 7.20. The Bertz CT molecular complexity index is 749. The molecule has 6 heteroatoms. The highest BCUT2D eigenvalue weighted by Gasteiger charge is 2.17. The van der Waals surface area contributed by atoms with Gasteiger partial charge in [0.2, 0.25) is 0 Å². The van der Waals surface area contributed by atoms with Crippen molar-refractivity contribution in [1.82, 2.24) is 5.32 Å². The van der Waals surface area contributed by atoms with Crippen molar-refractivity contribution in [1.29, 1.82) is 0 Å². The van der Waals surface area contributed by atoms with E-state index in [4.69, 9.17) is 27.9 Å². The van der Waals surface area contributed by atoms with Gasteiger partial charge in [-0.15, -0.1) is 0 Å². The van der Waals surface area contributed by atoms with Crippen LogP contribution in [0.25, 0.3) is 0 Å². The minimum Gasteiger partial charge on any atom is -0.488 e. The summed E-state index contributed by atoms with van der Waals surface area (Å²) in [7, 11) is 0. The van der Waals surface area contributed by atoms with E-state index in [-0.39, 0.29) is 12.4 Å². The minimum atomic E-state index is -0.357. The number of nitrogens with zero attached hydrogens (tertiary/aromatic N) is 1. The van der Waals surface area contributed by atoms with Gasteiger partial charge in [-0.1, -0.05) is 35.3 Å². The third-order valence-electron chi connectivity index (χ3n) is 3.49. The molecule has 0 saturated heterocycles. The predicted molar refractivity (Wildman–Crippen MR) is 91.2 cm³/mol. The number of halogens is 3. The number of aliphatic imine (C=N–C) groups is 1. The van der Waals surface area contributed by atoms with Crippen molar-refractivity contribution in [2.24, 2.45) is 4.99 Å². The second-order valence-electron chi connectivity index (χ2n) is 5.16. The Morgan fingerprint density at radius 3 is 2.78 bits per heavy atom. The molecule has 2 aromatic carbocycles. The lowest BCUT2D eigenvalue weighted by atomic mass is 10.1. The predicted octanol–water partition coefficient (Wildman–Crippen LogP) is 4.45. The number of ether oxygens (including phenoxy) is 1. The van der Waals surface area contributed by atoms with Crippen LogP contribution < -0.4 is 10.1 Å².